The Hall–Kier alpha value is -0.583. The van der Waals surface area contributed by atoms with E-state index in [2.05, 4.69) is 49.8 Å². The van der Waals surface area contributed by atoms with Crippen molar-refractivity contribution in [3.05, 3.63) is 23.5 Å². The molecule has 0 spiro atoms. The minimum atomic E-state index is -1.61. The first-order valence-corrected chi connectivity index (χ1v) is 11.5. The molecule has 0 radical (unpaired) electrons. The molecule has 1 aromatic rings. The molecule has 1 aliphatic rings. The van der Waals surface area contributed by atoms with Crippen molar-refractivity contribution in [2.24, 2.45) is 5.92 Å². The van der Waals surface area contributed by atoms with Gasteiger partial charge in [0.15, 0.2) is 8.32 Å². The van der Waals surface area contributed by atoms with Gasteiger partial charge in [-0.3, -0.25) is 0 Å². The number of pyridine rings is 1. The van der Waals surface area contributed by atoms with Gasteiger partial charge >= 0.3 is 0 Å². The monoisotopic (exact) mass is 340 g/mol. The van der Waals surface area contributed by atoms with Crippen molar-refractivity contribution in [2.45, 2.75) is 51.7 Å². The van der Waals surface area contributed by atoms with Crippen LogP contribution in [-0.4, -0.2) is 33.0 Å². The van der Waals surface area contributed by atoms with E-state index in [0.29, 0.717) is 16.1 Å². The van der Waals surface area contributed by atoms with Crippen LogP contribution in [0, 0.1) is 5.92 Å². The van der Waals surface area contributed by atoms with E-state index < -0.39 is 8.32 Å². The molecule has 0 aromatic carbocycles. The topological polar surface area (TPSA) is 25.4 Å². The predicted octanol–water partition coefficient (Wildman–Crippen LogP) is 4.97. The van der Waals surface area contributed by atoms with Gasteiger partial charge in [0.25, 0.3) is 0 Å². The van der Waals surface area contributed by atoms with Gasteiger partial charge in [-0.1, -0.05) is 32.4 Å². The number of nitrogens with zero attached hydrogens (tertiary/aromatic N) is 2. The minimum absolute atomic E-state index is 0.294. The van der Waals surface area contributed by atoms with Crippen LogP contribution in [0.2, 0.25) is 23.3 Å². The van der Waals surface area contributed by atoms with E-state index in [4.69, 9.17) is 16.0 Å². The highest BCUT2D eigenvalue weighted by molar-refractivity contribution is 6.74. The molecule has 0 saturated carbocycles. The molecule has 1 fully saturated rings. The first kappa shape index (κ1) is 17.8. The second-order valence-corrected chi connectivity index (χ2v) is 13.0. The van der Waals surface area contributed by atoms with Crippen LogP contribution in [0.5, 0.6) is 0 Å². The zero-order valence-electron chi connectivity index (χ0n) is 14.5. The van der Waals surface area contributed by atoms with Crippen molar-refractivity contribution in [3.8, 4) is 0 Å². The summed E-state index contributed by atoms with van der Waals surface area (Å²) in [7, 11) is -1.61. The normalized spacial score (nSPS) is 17.8. The number of anilines is 1. The summed E-state index contributed by atoms with van der Waals surface area (Å²) < 4.78 is 6.38. The maximum atomic E-state index is 6.38. The van der Waals surface area contributed by atoms with Gasteiger partial charge in [-0.25, -0.2) is 4.98 Å². The smallest absolute Gasteiger partial charge is 0.191 e. The molecule has 5 heteroatoms. The molecule has 22 heavy (non-hydrogen) atoms. The summed E-state index contributed by atoms with van der Waals surface area (Å²) in [4.78, 5) is 6.57. The molecule has 1 aromatic heterocycles. The predicted molar refractivity (Wildman–Crippen MR) is 97.3 cm³/mol. The number of hydrogen-bond acceptors (Lipinski definition) is 3. The molecule has 0 bridgehead atoms. The van der Waals surface area contributed by atoms with Crippen LogP contribution < -0.4 is 4.90 Å². The average molecular weight is 341 g/mol. The van der Waals surface area contributed by atoms with Crippen molar-refractivity contribution in [2.75, 3.05) is 24.6 Å². The maximum absolute atomic E-state index is 6.38. The molecule has 2 rings (SSSR count). The lowest BCUT2D eigenvalue weighted by Gasteiger charge is -2.39. The number of hydrogen-bond donors (Lipinski definition) is 0. The molecule has 124 valence electrons. The van der Waals surface area contributed by atoms with E-state index in [1.807, 2.05) is 12.3 Å². The molecule has 0 N–H and O–H groups in total. The van der Waals surface area contributed by atoms with Crippen molar-refractivity contribution >= 4 is 25.6 Å². The van der Waals surface area contributed by atoms with Crippen molar-refractivity contribution in [1.82, 2.24) is 4.98 Å². The van der Waals surface area contributed by atoms with Crippen molar-refractivity contribution in [3.63, 3.8) is 0 Å². The highest BCUT2D eigenvalue weighted by Crippen LogP contribution is 2.37. The highest BCUT2D eigenvalue weighted by atomic mass is 35.5. The number of aromatic nitrogens is 1. The third-order valence-corrected chi connectivity index (χ3v) is 9.90. The van der Waals surface area contributed by atoms with Crippen LogP contribution in [0.1, 0.15) is 33.6 Å². The van der Waals surface area contributed by atoms with Crippen LogP contribution in [0.3, 0.4) is 0 Å². The Bertz CT molecular complexity index is 476. The zero-order chi connectivity index (χ0) is 16.4. The maximum Gasteiger partial charge on any atom is 0.191 e. The highest BCUT2D eigenvalue weighted by Gasteiger charge is 2.37. The molecule has 0 amide bonds. The molecular formula is C17H29ClN2OSi. The summed E-state index contributed by atoms with van der Waals surface area (Å²) in [5.74, 6) is 0.686. The Morgan fingerprint density at radius 2 is 1.91 bits per heavy atom. The van der Waals surface area contributed by atoms with E-state index in [0.717, 1.165) is 19.7 Å². The second-order valence-electron chi connectivity index (χ2n) is 7.84. The Balaban J connectivity index is 1.81. The van der Waals surface area contributed by atoms with Crippen molar-refractivity contribution in [1.29, 1.82) is 0 Å². The van der Waals surface area contributed by atoms with Crippen LogP contribution in [-0.2, 0) is 4.43 Å². The van der Waals surface area contributed by atoms with Crippen molar-refractivity contribution < 1.29 is 4.43 Å². The summed E-state index contributed by atoms with van der Waals surface area (Å²) in [5, 5.41) is 0.851. The fourth-order valence-electron chi connectivity index (χ4n) is 2.46. The first-order valence-electron chi connectivity index (χ1n) is 8.19. The van der Waals surface area contributed by atoms with Gasteiger partial charge in [0.05, 0.1) is 11.9 Å². The summed E-state index contributed by atoms with van der Waals surface area (Å²) in [6.07, 6.45) is 4.25. The van der Waals surface area contributed by atoms with E-state index in [-0.39, 0.29) is 0 Å². The first-order chi connectivity index (χ1) is 10.2. The fourth-order valence-corrected chi connectivity index (χ4v) is 3.65. The van der Waals surface area contributed by atoms with E-state index >= 15 is 0 Å². The summed E-state index contributed by atoms with van der Waals surface area (Å²) in [6.45, 7) is 14.6. The SMILES string of the molecule is CC(C)(C)[Si](C)(C)OCC1CCN(c2ccc(Cl)nc2)CC1. The van der Waals surface area contributed by atoms with Gasteiger partial charge in [0.1, 0.15) is 5.15 Å². The molecule has 0 atom stereocenters. The van der Waals surface area contributed by atoms with Gasteiger partial charge in [-0.05, 0) is 49.0 Å². The van der Waals surface area contributed by atoms with E-state index in [1.165, 1.54) is 18.5 Å². The van der Waals surface area contributed by atoms with Gasteiger partial charge in [-0.15, -0.1) is 0 Å². The lowest BCUT2D eigenvalue weighted by molar-refractivity contribution is 0.205. The summed E-state index contributed by atoms with van der Waals surface area (Å²) in [5.41, 5.74) is 1.17. The second kappa shape index (κ2) is 6.89. The van der Waals surface area contributed by atoms with Gasteiger partial charge in [-0.2, -0.15) is 0 Å². The van der Waals surface area contributed by atoms with E-state index in [1.54, 1.807) is 0 Å². The minimum Gasteiger partial charge on any atom is -0.417 e. The molecule has 0 aliphatic carbocycles. The van der Waals surface area contributed by atoms with Crippen LogP contribution in [0.15, 0.2) is 18.3 Å². The lowest BCUT2D eigenvalue weighted by Crippen LogP contribution is -2.43. The third kappa shape index (κ3) is 4.46. The number of piperidine rings is 1. The standard InChI is InChI=1S/C17H29ClN2OSi/c1-17(2,3)22(4,5)21-13-14-8-10-20(11-9-14)15-6-7-16(18)19-12-15/h6-7,12,14H,8-11,13H2,1-5H3. The molecule has 1 saturated heterocycles. The van der Waals surface area contributed by atoms with E-state index in [9.17, 15) is 0 Å². The summed E-state index contributed by atoms with van der Waals surface area (Å²) >= 11 is 5.85. The van der Waals surface area contributed by atoms with Crippen LogP contribution in [0.25, 0.3) is 0 Å². The number of rotatable bonds is 4. The Kier molecular flexibility index (Phi) is 5.57. The largest absolute Gasteiger partial charge is 0.417 e. The Morgan fingerprint density at radius 3 is 2.41 bits per heavy atom. The molecule has 3 nitrogen and oxygen atoms in total. The summed E-state index contributed by atoms with van der Waals surface area (Å²) in [6, 6.07) is 3.92. The van der Waals surface area contributed by atoms with Crippen LogP contribution >= 0.6 is 11.6 Å². The van der Waals surface area contributed by atoms with Gasteiger partial charge in [0, 0.05) is 19.7 Å². The molecule has 0 unspecified atom stereocenters. The average Bonchev–Trinajstić information content (AvgIpc) is 2.45. The molecular weight excluding hydrogens is 312 g/mol. The van der Waals surface area contributed by atoms with Gasteiger partial charge in [0.2, 0.25) is 0 Å². The fraction of sp³-hybridized carbons (Fsp3) is 0.706. The quantitative estimate of drug-likeness (QED) is 0.571. The zero-order valence-corrected chi connectivity index (χ0v) is 16.3. The molecule has 2 heterocycles. The number of halogens is 1. The van der Waals surface area contributed by atoms with Gasteiger partial charge < -0.3 is 9.33 Å². The third-order valence-electron chi connectivity index (χ3n) is 5.18. The Labute approximate surface area is 141 Å². The lowest BCUT2D eigenvalue weighted by atomic mass is 9.98. The Morgan fingerprint density at radius 1 is 1.27 bits per heavy atom. The molecule has 1 aliphatic heterocycles. The van der Waals surface area contributed by atoms with Crippen LogP contribution in [0.4, 0.5) is 5.69 Å².